The highest BCUT2D eigenvalue weighted by Crippen LogP contribution is 2.24. The minimum absolute atomic E-state index is 0.152. The second-order valence-corrected chi connectivity index (χ2v) is 3.95. The molecule has 3 heteroatoms. The molecule has 1 aliphatic rings. The summed E-state index contributed by atoms with van der Waals surface area (Å²) < 4.78 is 0.303. The topological polar surface area (TPSA) is 29.1 Å². The SMILES string of the molecule is CC(=O)[N+]1(C)CCc2ccccc2N1. The van der Waals surface area contributed by atoms with Crippen molar-refractivity contribution in [1.29, 1.82) is 0 Å². The lowest BCUT2D eigenvalue weighted by Gasteiger charge is -2.35. The van der Waals surface area contributed by atoms with Gasteiger partial charge in [0.2, 0.25) is 0 Å². The summed E-state index contributed by atoms with van der Waals surface area (Å²) in [4.78, 5) is 11.4. The Morgan fingerprint density at radius 2 is 2.14 bits per heavy atom. The Morgan fingerprint density at radius 3 is 2.86 bits per heavy atom. The number of nitrogens with one attached hydrogen (secondary N) is 1. The van der Waals surface area contributed by atoms with Crippen LogP contribution in [-0.2, 0) is 11.2 Å². The number of anilines is 1. The van der Waals surface area contributed by atoms with E-state index in [2.05, 4.69) is 11.5 Å². The zero-order valence-electron chi connectivity index (χ0n) is 8.58. The van der Waals surface area contributed by atoms with Gasteiger partial charge in [-0.3, -0.25) is 0 Å². The Labute approximate surface area is 83.9 Å². The Hall–Kier alpha value is -1.35. The van der Waals surface area contributed by atoms with Gasteiger partial charge >= 0.3 is 5.91 Å². The van der Waals surface area contributed by atoms with Gasteiger partial charge in [0.1, 0.15) is 6.54 Å². The fourth-order valence-electron chi connectivity index (χ4n) is 1.75. The normalized spacial score (nSPS) is 25.0. The summed E-state index contributed by atoms with van der Waals surface area (Å²) in [6.07, 6.45) is 0.958. The van der Waals surface area contributed by atoms with Crippen LogP contribution in [0.2, 0.25) is 0 Å². The largest absolute Gasteiger partial charge is 0.334 e. The number of hydrogen-bond acceptors (Lipinski definition) is 2. The van der Waals surface area contributed by atoms with Crippen LogP contribution in [0.3, 0.4) is 0 Å². The standard InChI is InChI=1S/C11H15N2O/c1-9(14)13(2)8-7-10-5-3-4-6-11(10)12-13/h3-6,12H,7-8H2,1-2H3/q+1. The van der Waals surface area contributed by atoms with Crippen molar-refractivity contribution < 1.29 is 9.39 Å². The van der Waals surface area contributed by atoms with Crippen molar-refractivity contribution in [2.75, 3.05) is 19.0 Å². The van der Waals surface area contributed by atoms with E-state index < -0.39 is 0 Å². The zero-order chi connectivity index (χ0) is 10.2. The molecule has 1 unspecified atom stereocenters. The number of carbonyl (C=O) groups excluding carboxylic acids is 1. The second kappa shape index (κ2) is 3.10. The molecule has 0 radical (unpaired) electrons. The van der Waals surface area contributed by atoms with Crippen LogP contribution in [0.1, 0.15) is 12.5 Å². The Kier molecular flexibility index (Phi) is 2.04. The number of fused-ring (bicyclic) bond motifs is 1. The van der Waals surface area contributed by atoms with Crippen LogP contribution in [0.4, 0.5) is 5.69 Å². The summed E-state index contributed by atoms with van der Waals surface area (Å²) >= 11 is 0. The third-order valence-corrected chi connectivity index (χ3v) is 2.91. The molecule has 2 rings (SSSR count). The highest BCUT2D eigenvalue weighted by Gasteiger charge is 2.32. The predicted molar refractivity (Wildman–Crippen MR) is 55.5 cm³/mol. The third-order valence-electron chi connectivity index (χ3n) is 2.91. The molecule has 1 N–H and O–H groups in total. The van der Waals surface area contributed by atoms with Gasteiger partial charge < -0.3 is 0 Å². The Bertz CT molecular complexity index is 375. The lowest BCUT2D eigenvalue weighted by atomic mass is 10.1. The van der Waals surface area contributed by atoms with Gasteiger partial charge in [-0.15, -0.1) is 0 Å². The van der Waals surface area contributed by atoms with Gasteiger partial charge in [0.05, 0.1) is 19.7 Å². The van der Waals surface area contributed by atoms with Crippen molar-refractivity contribution in [3.8, 4) is 0 Å². The van der Waals surface area contributed by atoms with E-state index in [0.717, 1.165) is 18.7 Å². The van der Waals surface area contributed by atoms with Crippen LogP contribution in [0, 0.1) is 0 Å². The van der Waals surface area contributed by atoms with Crippen LogP contribution >= 0.6 is 0 Å². The minimum atomic E-state index is 0.152. The highest BCUT2D eigenvalue weighted by molar-refractivity contribution is 5.68. The van der Waals surface area contributed by atoms with Crippen LogP contribution in [0.25, 0.3) is 0 Å². The average molecular weight is 191 g/mol. The van der Waals surface area contributed by atoms with Crippen molar-refractivity contribution in [3.05, 3.63) is 29.8 Å². The summed E-state index contributed by atoms with van der Waals surface area (Å²) in [5, 5.41) is 0. The fourth-order valence-corrected chi connectivity index (χ4v) is 1.75. The van der Waals surface area contributed by atoms with Gasteiger partial charge in [0.15, 0.2) is 0 Å². The van der Waals surface area contributed by atoms with Crippen molar-refractivity contribution in [2.24, 2.45) is 0 Å². The van der Waals surface area contributed by atoms with Gasteiger partial charge in [-0.25, -0.2) is 10.2 Å². The first-order valence-electron chi connectivity index (χ1n) is 4.85. The number of hydrogen-bond donors (Lipinski definition) is 1. The lowest BCUT2D eigenvalue weighted by Crippen LogP contribution is -2.55. The predicted octanol–water partition coefficient (Wildman–Crippen LogP) is 1.56. The third kappa shape index (κ3) is 1.40. The van der Waals surface area contributed by atoms with E-state index in [4.69, 9.17) is 0 Å². The molecule has 1 amide bonds. The van der Waals surface area contributed by atoms with E-state index in [1.807, 2.05) is 25.2 Å². The van der Waals surface area contributed by atoms with Crippen LogP contribution in [-0.4, -0.2) is 24.1 Å². The molecule has 0 aromatic heterocycles. The van der Waals surface area contributed by atoms with Crippen LogP contribution in [0.15, 0.2) is 24.3 Å². The summed E-state index contributed by atoms with van der Waals surface area (Å²) in [6, 6.07) is 8.14. The number of amides is 1. The average Bonchev–Trinajstić information content (AvgIpc) is 2.17. The highest BCUT2D eigenvalue weighted by atomic mass is 16.2. The molecular weight excluding hydrogens is 176 g/mol. The molecule has 0 aliphatic carbocycles. The smallest absolute Gasteiger partial charge is 0.229 e. The monoisotopic (exact) mass is 191 g/mol. The van der Waals surface area contributed by atoms with Gasteiger partial charge in [-0.05, 0) is 11.6 Å². The van der Waals surface area contributed by atoms with Gasteiger partial charge in [0, 0.05) is 6.42 Å². The van der Waals surface area contributed by atoms with Crippen LogP contribution < -0.4 is 5.43 Å². The first-order valence-corrected chi connectivity index (χ1v) is 4.85. The van der Waals surface area contributed by atoms with Crippen molar-refractivity contribution in [1.82, 2.24) is 0 Å². The second-order valence-electron chi connectivity index (χ2n) is 3.95. The molecule has 74 valence electrons. The molecule has 0 saturated carbocycles. The molecule has 1 aromatic rings. The van der Waals surface area contributed by atoms with Crippen molar-refractivity contribution in [3.63, 3.8) is 0 Å². The van der Waals surface area contributed by atoms with Crippen LogP contribution in [0.5, 0.6) is 0 Å². The van der Waals surface area contributed by atoms with E-state index in [-0.39, 0.29) is 5.91 Å². The first-order chi connectivity index (χ1) is 6.62. The van der Waals surface area contributed by atoms with Gasteiger partial charge in [0.25, 0.3) is 0 Å². The Balaban J connectivity index is 2.34. The summed E-state index contributed by atoms with van der Waals surface area (Å²) in [7, 11) is 1.91. The van der Waals surface area contributed by atoms with E-state index >= 15 is 0 Å². The van der Waals surface area contributed by atoms with Crippen molar-refractivity contribution >= 4 is 11.6 Å². The first kappa shape index (κ1) is 9.21. The number of para-hydroxylation sites is 1. The molecular formula is C11H15N2O+. The molecule has 1 atom stereocenters. The molecule has 3 nitrogen and oxygen atoms in total. The molecule has 0 saturated heterocycles. The molecule has 0 bridgehead atoms. The fraction of sp³-hybridized carbons (Fsp3) is 0.364. The maximum absolute atomic E-state index is 11.4. The number of nitrogens with zero attached hydrogens (tertiary/aromatic N) is 1. The minimum Gasteiger partial charge on any atom is -0.229 e. The number of quaternary nitrogens is 1. The van der Waals surface area contributed by atoms with E-state index in [9.17, 15) is 4.79 Å². The summed E-state index contributed by atoms with van der Waals surface area (Å²) in [5.74, 6) is 0.152. The van der Waals surface area contributed by atoms with E-state index in [0.29, 0.717) is 4.59 Å². The van der Waals surface area contributed by atoms with E-state index in [1.165, 1.54) is 5.56 Å². The molecule has 1 aromatic carbocycles. The lowest BCUT2D eigenvalue weighted by molar-refractivity contribution is -0.813. The maximum atomic E-state index is 11.4. The quantitative estimate of drug-likeness (QED) is 0.630. The molecule has 0 fully saturated rings. The number of benzene rings is 1. The summed E-state index contributed by atoms with van der Waals surface area (Å²) in [5.41, 5.74) is 5.64. The molecule has 1 aliphatic heterocycles. The number of likely N-dealkylation sites (N-methyl/N-ethyl adjacent to an activating group) is 1. The zero-order valence-corrected chi connectivity index (χ0v) is 8.58. The maximum Gasteiger partial charge on any atom is 0.334 e. The number of rotatable bonds is 0. The molecule has 14 heavy (non-hydrogen) atoms. The van der Waals surface area contributed by atoms with E-state index in [1.54, 1.807) is 6.92 Å². The Morgan fingerprint density at radius 1 is 1.43 bits per heavy atom. The van der Waals surface area contributed by atoms with Crippen molar-refractivity contribution in [2.45, 2.75) is 13.3 Å². The molecule has 1 heterocycles. The summed E-state index contributed by atoms with van der Waals surface area (Å²) in [6.45, 7) is 2.45. The van der Waals surface area contributed by atoms with Gasteiger partial charge in [-0.2, -0.15) is 4.59 Å². The molecule has 0 spiro atoms. The van der Waals surface area contributed by atoms with Gasteiger partial charge in [-0.1, -0.05) is 18.2 Å². The number of carbonyl (C=O) groups is 1.